The SMILES string of the molecule is CCOC(=O)C(C)(COCCOC(C)C)NC(C)C. The van der Waals surface area contributed by atoms with Crippen molar-refractivity contribution in [3.63, 3.8) is 0 Å². The van der Waals surface area contributed by atoms with Crippen LogP contribution >= 0.6 is 0 Å². The second kappa shape index (κ2) is 9.28. The molecule has 0 aliphatic rings. The Kier molecular flexibility index (Phi) is 8.97. The first-order valence-electron chi connectivity index (χ1n) is 6.96. The fourth-order valence-electron chi connectivity index (χ4n) is 1.71. The van der Waals surface area contributed by atoms with Gasteiger partial charge in [0.15, 0.2) is 0 Å². The lowest BCUT2D eigenvalue weighted by molar-refractivity contribution is -0.154. The van der Waals surface area contributed by atoms with Crippen molar-refractivity contribution < 1.29 is 19.0 Å². The molecule has 0 amide bonds. The minimum atomic E-state index is -0.817. The fraction of sp³-hybridized carbons (Fsp3) is 0.929. The van der Waals surface area contributed by atoms with Gasteiger partial charge < -0.3 is 14.2 Å². The molecule has 5 heteroatoms. The number of rotatable bonds is 10. The van der Waals surface area contributed by atoms with E-state index in [-0.39, 0.29) is 24.7 Å². The summed E-state index contributed by atoms with van der Waals surface area (Å²) in [7, 11) is 0. The Balaban J connectivity index is 4.23. The van der Waals surface area contributed by atoms with Gasteiger partial charge in [-0.15, -0.1) is 0 Å². The molecular formula is C14H29NO4. The van der Waals surface area contributed by atoms with Crippen molar-refractivity contribution in [2.24, 2.45) is 0 Å². The topological polar surface area (TPSA) is 56.8 Å². The van der Waals surface area contributed by atoms with Gasteiger partial charge in [-0.2, -0.15) is 0 Å². The number of esters is 1. The first-order valence-corrected chi connectivity index (χ1v) is 6.96. The highest BCUT2D eigenvalue weighted by molar-refractivity contribution is 5.80. The van der Waals surface area contributed by atoms with Crippen LogP contribution in [0.5, 0.6) is 0 Å². The lowest BCUT2D eigenvalue weighted by atomic mass is 10.0. The van der Waals surface area contributed by atoms with Crippen molar-refractivity contribution in [1.82, 2.24) is 5.32 Å². The summed E-state index contributed by atoms with van der Waals surface area (Å²) in [6.45, 7) is 13.1. The predicted molar refractivity (Wildman–Crippen MR) is 75.2 cm³/mol. The van der Waals surface area contributed by atoms with Crippen LogP contribution in [-0.4, -0.2) is 50.1 Å². The molecule has 0 rings (SSSR count). The van der Waals surface area contributed by atoms with Crippen LogP contribution in [0.3, 0.4) is 0 Å². The Bertz CT molecular complexity index is 256. The zero-order chi connectivity index (χ0) is 14.9. The lowest BCUT2D eigenvalue weighted by Crippen LogP contribution is -2.56. The smallest absolute Gasteiger partial charge is 0.328 e. The second-order valence-corrected chi connectivity index (χ2v) is 5.32. The Labute approximate surface area is 117 Å². The van der Waals surface area contributed by atoms with Gasteiger partial charge in [0, 0.05) is 6.04 Å². The summed E-state index contributed by atoms with van der Waals surface area (Å²) in [5.74, 6) is -0.284. The van der Waals surface area contributed by atoms with Gasteiger partial charge in [-0.1, -0.05) is 0 Å². The van der Waals surface area contributed by atoms with Gasteiger partial charge in [0.05, 0.1) is 32.5 Å². The highest BCUT2D eigenvalue weighted by Crippen LogP contribution is 2.09. The van der Waals surface area contributed by atoms with E-state index in [0.29, 0.717) is 19.8 Å². The average Bonchev–Trinajstić information content (AvgIpc) is 2.27. The third kappa shape index (κ3) is 8.18. The molecule has 5 nitrogen and oxygen atoms in total. The van der Waals surface area contributed by atoms with Gasteiger partial charge in [0.2, 0.25) is 0 Å². The zero-order valence-electron chi connectivity index (χ0n) is 13.1. The van der Waals surface area contributed by atoms with Crippen molar-refractivity contribution in [2.45, 2.75) is 59.2 Å². The van der Waals surface area contributed by atoms with Crippen LogP contribution in [-0.2, 0) is 19.0 Å². The third-order valence-corrected chi connectivity index (χ3v) is 2.40. The standard InChI is InChI=1S/C14H29NO4/c1-7-18-13(16)14(6,15-11(2)3)10-17-8-9-19-12(4)5/h11-12,15H,7-10H2,1-6H3. The first kappa shape index (κ1) is 18.4. The maximum absolute atomic E-state index is 12.0. The maximum atomic E-state index is 12.0. The molecule has 0 fully saturated rings. The Morgan fingerprint density at radius 2 is 1.84 bits per heavy atom. The summed E-state index contributed by atoms with van der Waals surface area (Å²) >= 11 is 0. The summed E-state index contributed by atoms with van der Waals surface area (Å²) in [5.41, 5.74) is -0.817. The number of hydrogen-bond donors (Lipinski definition) is 1. The number of hydrogen-bond acceptors (Lipinski definition) is 5. The highest BCUT2D eigenvalue weighted by atomic mass is 16.5. The number of ether oxygens (including phenoxy) is 3. The molecule has 1 unspecified atom stereocenters. The molecule has 0 aliphatic heterocycles. The van der Waals surface area contributed by atoms with Crippen molar-refractivity contribution in [3.8, 4) is 0 Å². The van der Waals surface area contributed by atoms with E-state index in [1.165, 1.54) is 0 Å². The van der Waals surface area contributed by atoms with E-state index >= 15 is 0 Å². The van der Waals surface area contributed by atoms with E-state index in [0.717, 1.165) is 0 Å². The maximum Gasteiger partial charge on any atom is 0.328 e. The molecule has 0 spiro atoms. The van der Waals surface area contributed by atoms with E-state index in [1.54, 1.807) is 13.8 Å². The second-order valence-electron chi connectivity index (χ2n) is 5.32. The molecule has 19 heavy (non-hydrogen) atoms. The first-order chi connectivity index (χ1) is 8.81. The minimum Gasteiger partial charge on any atom is -0.465 e. The fourth-order valence-corrected chi connectivity index (χ4v) is 1.71. The van der Waals surface area contributed by atoms with Gasteiger partial charge in [-0.3, -0.25) is 5.32 Å². The molecule has 0 aromatic rings. The van der Waals surface area contributed by atoms with Crippen LogP contribution in [0.15, 0.2) is 0 Å². The van der Waals surface area contributed by atoms with Crippen LogP contribution in [0.4, 0.5) is 0 Å². The number of carbonyl (C=O) groups excluding carboxylic acids is 1. The molecule has 0 aromatic heterocycles. The van der Waals surface area contributed by atoms with Crippen LogP contribution in [0.2, 0.25) is 0 Å². The molecular weight excluding hydrogens is 246 g/mol. The number of carbonyl (C=O) groups is 1. The molecule has 0 aliphatic carbocycles. The van der Waals surface area contributed by atoms with Crippen LogP contribution in [0, 0.1) is 0 Å². The van der Waals surface area contributed by atoms with Crippen LogP contribution in [0.1, 0.15) is 41.5 Å². The van der Waals surface area contributed by atoms with E-state index in [2.05, 4.69) is 5.32 Å². The highest BCUT2D eigenvalue weighted by Gasteiger charge is 2.35. The van der Waals surface area contributed by atoms with Crippen molar-refractivity contribution in [1.29, 1.82) is 0 Å². The van der Waals surface area contributed by atoms with Crippen LogP contribution < -0.4 is 5.32 Å². The third-order valence-electron chi connectivity index (χ3n) is 2.40. The van der Waals surface area contributed by atoms with Gasteiger partial charge in [0.1, 0.15) is 5.54 Å². The summed E-state index contributed by atoms with van der Waals surface area (Å²) in [6, 6.07) is 0.171. The van der Waals surface area contributed by atoms with Crippen molar-refractivity contribution in [3.05, 3.63) is 0 Å². The molecule has 1 atom stereocenters. The van der Waals surface area contributed by atoms with Gasteiger partial charge in [-0.05, 0) is 41.5 Å². The molecule has 0 saturated heterocycles. The Hall–Kier alpha value is -0.650. The lowest BCUT2D eigenvalue weighted by Gasteiger charge is -2.30. The minimum absolute atomic E-state index is 0.171. The normalized spacial score (nSPS) is 14.7. The van der Waals surface area contributed by atoms with Crippen molar-refractivity contribution in [2.75, 3.05) is 26.4 Å². The summed E-state index contributed by atoms with van der Waals surface area (Å²) in [5, 5.41) is 3.20. The van der Waals surface area contributed by atoms with Gasteiger partial charge in [-0.25, -0.2) is 4.79 Å². The Morgan fingerprint density at radius 3 is 2.32 bits per heavy atom. The summed E-state index contributed by atoms with van der Waals surface area (Å²) in [4.78, 5) is 12.0. The van der Waals surface area contributed by atoms with E-state index in [1.807, 2.05) is 27.7 Å². The predicted octanol–water partition coefficient (Wildman–Crippen LogP) is 1.75. The Morgan fingerprint density at radius 1 is 1.21 bits per heavy atom. The molecule has 0 bridgehead atoms. The molecule has 0 saturated carbocycles. The molecule has 1 N–H and O–H groups in total. The largest absolute Gasteiger partial charge is 0.465 e. The van der Waals surface area contributed by atoms with Gasteiger partial charge in [0.25, 0.3) is 0 Å². The monoisotopic (exact) mass is 275 g/mol. The molecule has 114 valence electrons. The zero-order valence-corrected chi connectivity index (χ0v) is 13.1. The summed E-state index contributed by atoms with van der Waals surface area (Å²) < 4.78 is 16.0. The van der Waals surface area contributed by atoms with E-state index in [9.17, 15) is 4.79 Å². The van der Waals surface area contributed by atoms with Crippen LogP contribution in [0.25, 0.3) is 0 Å². The summed E-state index contributed by atoms with van der Waals surface area (Å²) in [6.07, 6.45) is 0.189. The van der Waals surface area contributed by atoms with Crippen molar-refractivity contribution >= 4 is 5.97 Å². The average molecular weight is 275 g/mol. The molecule has 0 radical (unpaired) electrons. The molecule has 0 aromatic carbocycles. The number of nitrogens with one attached hydrogen (secondary N) is 1. The van der Waals surface area contributed by atoms with Gasteiger partial charge >= 0.3 is 5.97 Å². The van der Waals surface area contributed by atoms with E-state index < -0.39 is 5.54 Å². The van der Waals surface area contributed by atoms with E-state index in [4.69, 9.17) is 14.2 Å². The quantitative estimate of drug-likeness (QED) is 0.486. The molecule has 0 heterocycles.